The number of Topliss-reactive ketones (excluding diaryl/α,β-unsaturated/α-hetero) is 1. The lowest BCUT2D eigenvalue weighted by molar-refractivity contribution is -0.104. The molecule has 0 aliphatic carbocycles. The number of carbonyl (C=O) groups is 2. The molecule has 0 bridgehead atoms. The monoisotopic (exact) mass is 150 g/mol. The molecule has 56 valence electrons. The highest BCUT2D eigenvalue weighted by atomic mass is 16.2. The SMILES string of the molecule is Nc1ccc(C(=O)C=O)nc1. The lowest BCUT2D eigenvalue weighted by Crippen LogP contribution is -2.02. The molecule has 0 saturated carbocycles. The minimum absolute atomic E-state index is 0.120. The lowest BCUT2D eigenvalue weighted by atomic mass is 10.2. The van der Waals surface area contributed by atoms with Crippen LogP contribution in [0.5, 0.6) is 0 Å². The summed E-state index contributed by atoms with van der Waals surface area (Å²) in [5, 5.41) is 0. The van der Waals surface area contributed by atoms with Crippen LogP contribution in [0, 0.1) is 0 Å². The lowest BCUT2D eigenvalue weighted by Gasteiger charge is -1.92. The van der Waals surface area contributed by atoms with Gasteiger partial charge in [-0.1, -0.05) is 0 Å². The highest BCUT2D eigenvalue weighted by Crippen LogP contribution is 2.00. The minimum atomic E-state index is -0.634. The van der Waals surface area contributed by atoms with Crippen molar-refractivity contribution in [3.63, 3.8) is 0 Å². The summed E-state index contributed by atoms with van der Waals surface area (Å²) in [4.78, 5) is 24.3. The molecule has 4 nitrogen and oxygen atoms in total. The van der Waals surface area contributed by atoms with Crippen LogP contribution in [0.25, 0.3) is 0 Å². The number of nitrogen functional groups attached to an aromatic ring is 1. The molecular weight excluding hydrogens is 144 g/mol. The van der Waals surface area contributed by atoms with E-state index < -0.39 is 5.78 Å². The third-order valence-electron chi connectivity index (χ3n) is 1.15. The topological polar surface area (TPSA) is 73.1 Å². The molecule has 0 spiro atoms. The van der Waals surface area contributed by atoms with Gasteiger partial charge in [-0.3, -0.25) is 14.6 Å². The summed E-state index contributed by atoms with van der Waals surface area (Å²) in [6.07, 6.45) is 1.55. The first kappa shape index (κ1) is 7.40. The maximum Gasteiger partial charge on any atom is 0.243 e. The van der Waals surface area contributed by atoms with Crippen LogP contribution in [-0.2, 0) is 4.79 Å². The summed E-state index contributed by atoms with van der Waals surface area (Å²) in [6.45, 7) is 0. The zero-order valence-electron chi connectivity index (χ0n) is 5.65. The maximum atomic E-state index is 10.7. The van der Waals surface area contributed by atoms with Gasteiger partial charge in [0.05, 0.1) is 11.9 Å². The van der Waals surface area contributed by atoms with Gasteiger partial charge in [-0.25, -0.2) is 0 Å². The zero-order chi connectivity index (χ0) is 8.27. The molecule has 1 aromatic rings. The third kappa shape index (κ3) is 1.61. The second-order valence-electron chi connectivity index (χ2n) is 1.96. The smallest absolute Gasteiger partial charge is 0.243 e. The molecule has 0 atom stereocenters. The first-order valence-electron chi connectivity index (χ1n) is 2.95. The Kier molecular flexibility index (Phi) is 1.96. The van der Waals surface area contributed by atoms with Crippen LogP contribution in [0.15, 0.2) is 18.3 Å². The predicted octanol–water partition coefficient (Wildman–Crippen LogP) is 0.0454. The molecule has 1 aromatic heterocycles. The minimum Gasteiger partial charge on any atom is -0.397 e. The van der Waals surface area contributed by atoms with Gasteiger partial charge in [-0.15, -0.1) is 0 Å². The number of pyridine rings is 1. The van der Waals surface area contributed by atoms with E-state index in [1.165, 1.54) is 18.3 Å². The summed E-state index contributed by atoms with van der Waals surface area (Å²) in [5.74, 6) is -0.634. The van der Waals surface area contributed by atoms with E-state index in [4.69, 9.17) is 5.73 Å². The highest BCUT2D eigenvalue weighted by Gasteiger charge is 2.03. The van der Waals surface area contributed by atoms with E-state index >= 15 is 0 Å². The van der Waals surface area contributed by atoms with Crippen molar-refractivity contribution in [2.45, 2.75) is 0 Å². The average molecular weight is 150 g/mol. The van der Waals surface area contributed by atoms with Gasteiger partial charge in [-0.2, -0.15) is 0 Å². The molecule has 2 N–H and O–H groups in total. The van der Waals surface area contributed by atoms with Crippen molar-refractivity contribution in [2.75, 3.05) is 5.73 Å². The van der Waals surface area contributed by atoms with Crippen LogP contribution in [-0.4, -0.2) is 17.1 Å². The number of aldehydes is 1. The van der Waals surface area contributed by atoms with Crippen molar-refractivity contribution < 1.29 is 9.59 Å². The Morgan fingerprint density at radius 2 is 2.27 bits per heavy atom. The number of ketones is 1. The Hall–Kier alpha value is -1.71. The second-order valence-corrected chi connectivity index (χ2v) is 1.96. The van der Waals surface area contributed by atoms with Crippen LogP contribution in [0.3, 0.4) is 0 Å². The van der Waals surface area contributed by atoms with Gasteiger partial charge < -0.3 is 5.73 Å². The first-order chi connectivity index (χ1) is 5.24. The fourth-order valence-electron chi connectivity index (χ4n) is 0.611. The summed E-state index contributed by atoms with van der Waals surface area (Å²) in [5.41, 5.74) is 5.89. The maximum absolute atomic E-state index is 10.7. The van der Waals surface area contributed by atoms with E-state index in [1.54, 1.807) is 0 Å². The fourth-order valence-corrected chi connectivity index (χ4v) is 0.611. The summed E-state index contributed by atoms with van der Waals surface area (Å²) >= 11 is 0. The van der Waals surface area contributed by atoms with E-state index in [0.717, 1.165) is 0 Å². The molecule has 11 heavy (non-hydrogen) atoms. The van der Waals surface area contributed by atoms with Crippen molar-refractivity contribution >= 4 is 17.8 Å². The number of aromatic nitrogens is 1. The zero-order valence-corrected chi connectivity index (χ0v) is 5.65. The van der Waals surface area contributed by atoms with Gasteiger partial charge >= 0.3 is 0 Å². The largest absolute Gasteiger partial charge is 0.397 e. The van der Waals surface area contributed by atoms with Crippen LogP contribution < -0.4 is 5.73 Å². The summed E-state index contributed by atoms with van der Waals surface area (Å²) < 4.78 is 0. The van der Waals surface area contributed by atoms with Crippen molar-refractivity contribution in [3.05, 3.63) is 24.0 Å². The van der Waals surface area contributed by atoms with Gasteiger partial charge in [0, 0.05) is 0 Å². The number of hydrogen-bond donors (Lipinski definition) is 1. The van der Waals surface area contributed by atoms with Gasteiger partial charge in [-0.05, 0) is 12.1 Å². The van der Waals surface area contributed by atoms with Crippen LogP contribution >= 0.6 is 0 Å². The molecule has 0 saturated heterocycles. The Morgan fingerprint density at radius 1 is 1.55 bits per heavy atom. The molecule has 0 radical (unpaired) electrons. The molecule has 1 heterocycles. The molecule has 0 fully saturated rings. The standard InChI is InChI=1S/C7H6N2O2/c8-5-1-2-6(9-3-5)7(11)4-10/h1-4H,8H2. The van der Waals surface area contributed by atoms with Crippen LogP contribution in [0.4, 0.5) is 5.69 Å². The molecule has 1 rings (SSSR count). The van der Waals surface area contributed by atoms with Gasteiger partial charge in [0.15, 0.2) is 6.29 Å². The van der Waals surface area contributed by atoms with E-state index in [-0.39, 0.29) is 12.0 Å². The summed E-state index contributed by atoms with van der Waals surface area (Å²) in [7, 11) is 0. The molecule has 0 aliphatic heterocycles. The number of nitrogens with zero attached hydrogens (tertiary/aromatic N) is 1. The van der Waals surface area contributed by atoms with Crippen molar-refractivity contribution in [1.82, 2.24) is 4.98 Å². The normalized spacial score (nSPS) is 9.09. The molecule has 0 aromatic carbocycles. The van der Waals surface area contributed by atoms with Gasteiger partial charge in [0.2, 0.25) is 5.78 Å². The molecule has 0 aliphatic rings. The van der Waals surface area contributed by atoms with Crippen molar-refractivity contribution in [3.8, 4) is 0 Å². The molecule has 0 amide bonds. The molecule has 0 unspecified atom stereocenters. The van der Waals surface area contributed by atoms with E-state index in [2.05, 4.69) is 4.98 Å². The number of anilines is 1. The Morgan fingerprint density at radius 3 is 2.73 bits per heavy atom. The van der Waals surface area contributed by atoms with Crippen molar-refractivity contribution in [1.29, 1.82) is 0 Å². The van der Waals surface area contributed by atoms with Gasteiger partial charge in [0.25, 0.3) is 0 Å². The first-order valence-corrected chi connectivity index (χ1v) is 2.95. The number of nitrogens with two attached hydrogens (primary N) is 1. The van der Waals surface area contributed by atoms with Crippen molar-refractivity contribution in [2.24, 2.45) is 0 Å². The Labute approximate surface area is 63.0 Å². The quantitative estimate of drug-likeness (QED) is 0.367. The second kappa shape index (κ2) is 2.92. The highest BCUT2D eigenvalue weighted by molar-refractivity contribution is 6.32. The fraction of sp³-hybridized carbons (Fsp3) is 0. The number of hydrogen-bond acceptors (Lipinski definition) is 4. The van der Waals surface area contributed by atoms with Crippen LogP contribution in [0.2, 0.25) is 0 Å². The molecule has 4 heteroatoms. The van der Waals surface area contributed by atoms with E-state index in [1.807, 2.05) is 0 Å². The van der Waals surface area contributed by atoms with E-state index in [0.29, 0.717) is 5.69 Å². The predicted molar refractivity (Wildman–Crippen MR) is 39.0 cm³/mol. The Bertz CT molecular complexity index is 279. The molecular formula is C7H6N2O2. The Balaban J connectivity index is 2.98. The third-order valence-corrected chi connectivity index (χ3v) is 1.15. The summed E-state index contributed by atoms with van der Waals surface area (Å²) in [6, 6.07) is 2.93. The number of rotatable bonds is 2. The van der Waals surface area contributed by atoms with E-state index in [9.17, 15) is 9.59 Å². The van der Waals surface area contributed by atoms with Crippen LogP contribution in [0.1, 0.15) is 10.5 Å². The van der Waals surface area contributed by atoms with Gasteiger partial charge in [0.1, 0.15) is 5.69 Å². The number of carbonyl (C=O) groups excluding carboxylic acids is 2. The average Bonchev–Trinajstić information content (AvgIpc) is 2.05.